The number of aromatic nitrogens is 2. The average molecular weight is 698 g/mol. The Morgan fingerprint density at radius 1 is 0.708 bits per heavy atom. The molecule has 0 aliphatic heterocycles. The first-order chi connectivity index (χ1) is 22.9. The van der Waals surface area contributed by atoms with Gasteiger partial charge in [-0.2, -0.15) is 0 Å². The van der Waals surface area contributed by atoms with Crippen molar-refractivity contribution in [3.63, 3.8) is 0 Å². The molecule has 4 aromatic rings. The molecule has 0 spiro atoms. The molecule has 0 unspecified atom stereocenters. The Morgan fingerprint density at radius 3 is 1.94 bits per heavy atom. The third-order valence-corrected chi connectivity index (χ3v) is 9.36. The first-order valence-electron chi connectivity index (χ1n) is 17.4. The van der Waals surface area contributed by atoms with Crippen molar-refractivity contribution in [3.8, 4) is 34.4 Å². The van der Waals surface area contributed by atoms with Crippen LogP contribution < -0.4 is 14.2 Å². The minimum Gasteiger partial charge on any atom is -0.492 e. The molecule has 0 aliphatic rings. The zero-order chi connectivity index (χ0) is 35.0. The lowest BCUT2D eigenvalue weighted by atomic mass is 10.2. The van der Waals surface area contributed by atoms with Crippen LogP contribution in [0.3, 0.4) is 0 Å². The number of halogens is 2. The molecule has 0 N–H and O–H groups in total. The van der Waals surface area contributed by atoms with Crippen LogP contribution in [0.2, 0.25) is 10.0 Å². The number of hydrogen-bond donors (Lipinski definition) is 0. The van der Waals surface area contributed by atoms with E-state index in [2.05, 4.69) is 88.8 Å². The van der Waals surface area contributed by atoms with E-state index in [0.29, 0.717) is 58.9 Å². The first kappa shape index (κ1) is 37.8. The van der Waals surface area contributed by atoms with Gasteiger partial charge in [-0.15, -0.1) is 0 Å². The van der Waals surface area contributed by atoms with Gasteiger partial charge in [0, 0.05) is 67.6 Å². The quantitative estimate of drug-likeness (QED) is 0.103. The number of aryl methyl sites for hydroxylation is 1. The highest BCUT2D eigenvalue weighted by Crippen LogP contribution is 2.37. The average Bonchev–Trinajstić information content (AvgIpc) is 3.40. The zero-order valence-corrected chi connectivity index (χ0v) is 31.7. The molecule has 262 valence electrons. The van der Waals surface area contributed by atoms with E-state index in [1.165, 1.54) is 0 Å². The maximum absolute atomic E-state index is 6.57. The number of nitrogens with zero attached hydrogens (tertiary/aromatic N) is 4. The molecular formula is C39H54Cl2N4O3. The summed E-state index contributed by atoms with van der Waals surface area (Å²) >= 11 is 12.4. The van der Waals surface area contributed by atoms with Gasteiger partial charge in [-0.05, 0) is 86.1 Å². The second kappa shape index (κ2) is 17.6. The van der Waals surface area contributed by atoms with Gasteiger partial charge in [-0.25, -0.2) is 4.98 Å². The predicted molar refractivity (Wildman–Crippen MR) is 202 cm³/mol. The van der Waals surface area contributed by atoms with Gasteiger partial charge in [0.2, 0.25) is 0 Å². The van der Waals surface area contributed by atoms with Gasteiger partial charge < -0.3 is 18.8 Å². The summed E-state index contributed by atoms with van der Waals surface area (Å²) in [7, 11) is 0. The maximum Gasteiger partial charge on any atom is 0.150 e. The van der Waals surface area contributed by atoms with Crippen LogP contribution in [0.5, 0.6) is 23.0 Å². The Morgan fingerprint density at radius 2 is 1.33 bits per heavy atom. The number of imidazole rings is 1. The highest BCUT2D eigenvalue weighted by atomic mass is 35.5. The van der Waals surface area contributed by atoms with Gasteiger partial charge in [0.25, 0.3) is 0 Å². The largest absolute Gasteiger partial charge is 0.492 e. The SMILES string of the molecule is CCCCn1c(-c2cccc(Oc3ccc(Cl)c(Cl)c3)c2)nc2c(OCCN(C(C)C)C(C)C)cc(OCCN(C(C)C)C(C)C)cc21. The summed E-state index contributed by atoms with van der Waals surface area (Å²) < 4.78 is 21.5. The zero-order valence-electron chi connectivity index (χ0n) is 30.2. The molecule has 0 bridgehead atoms. The Kier molecular flexibility index (Phi) is 13.9. The second-order valence-electron chi connectivity index (χ2n) is 13.5. The highest BCUT2D eigenvalue weighted by molar-refractivity contribution is 6.42. The number of ether oxygens (including phenoxy) is 3. The summed E-state index contributed by atoms with van der Waals surface area (Å²) in [5, 5.41) is 0.935. The van der Waals surface area contributed by atoms with Gasteiger partial charge in [-0.3, -0.25) is 9.80 Å². The fourth-order valence-electron chi connectivity index (χ4n) is 6.25. The van der Waals surface area contributed by atoms with Crippen LogP contribution in [0.25, 0.3) is 22.4 Å². The number of unbranched alkanes of at least 4 members (excludes halogenated alkanes) is 1. The Balaban J connectivity index is 1.74. The van der Waals surface area contributed by atoms with Gasteiger partial charge in [0.1, 0.15) is 41.8 Å². The third-order valence-electron chi connectivity index (χ3n) is 8.63. The van der Waals surface area contributed by atoms with Crippen molar-refractivity contribution in [2.45, 2.75) is 106 Å². The molecular weight excluding hydrogens is 643 g/mol. The van der Waals surface area contributed by atoms with Crippen LogP contribution >= 0.6 is 23.2 Å². The molecule has 0 aliphatic carbocycles. The highest BCUT2D eigenvalue weighted by Gasteiger charge is 2.21. The van der Waals surface area contributed by atoms with E-state index in [-0.39, 0.29) is 0 Å². The van der Waals surface area contributed by atoms with E-state index >= 15 is 0 Å². The first-order valence-corrected chi connectivity index (χ1v) is 18.2. The Hall–Kier alpha value is -2.97. The van der Waals surface area contributed by atoms with E-state index < -0.39 is 0 Å². The van der Waals surface area contributed by atoms with Crippen molar-refractivity contribution in [3.05, 3.63) is 64.6 Å². The third kappa shape index (κ3) is 9.81. The molecule has 0 atom stereocenters. The number of benzene rings is 3. The molecule has 9 heteroatoms. The molecule has 3 aromatic carbocycles. The molecule has 4 rings (SSSR count). The monoisotopic (exact) mass is 696 g/mol. The minimum absolute atomic E-state index is 0.423. The smallest absolute Gasteiger partial charge is 0.150 e. The number of rotatable bonds is 18. The molecule has 0 fully saturated rings. The molecule has 48 heavy (non-hydrogen) atoms. The fraction of sp³-hybridized carbons (Fsp3) is 0.513. The summed E-state index contributed by atoms with van der Waals surface area (Å²) in [6.45, 7) is 23.6. The van der Waals surface area contributed by atoms with Crippen LogP contribution in [-0.2, 0) is 6.54 Å². The van der Waals surface area contributed by atoms with Crippen LogP contribution in [0.15, 0.2) is 54.6 Å². The van der Waals surface area contributed by atoms with Crippen molar-refractivity contribution >= 4 is 34.2 Å². The Labute approximate surface area is 298 Å². The van der Waals surface area contributed by atoms with Gasteiger partial charge >= 0.3 is 0 Å². The molecule has 0 radical (unpaired) electrons. The lowest BCUT2D eigenvalue weighted by Crippen LogP contribution is -2.39. The van der Waals surface area contributed by atoms with Gasteiger partial charge in [0.05, 0.1) is 15.6 Å². The number of fused-ring (bicyclic) bond motifs is 1. The number of hydrogen-bond acceptors (Lipinski definition) is 6. The van der Waals surface area contributed by atoms with E-state index in [1.807, 2.05) is 30.3 Å². The van der Waals surface area contributed by atoms with E-state index in [9.17, 15) is 0 Å². The second-order valence-corrected chi connectivity index (χ2v) is 14.3. The topological polar surface area (TPSA) is 52.0 Å². The standard InChI is InChI=1S/C39H54Cl2N4O3/c1-10-11-17-45-36-24-33(46-20-18-43(26(2)3)27(4)5)25-37(47-21-19-44(28(6)7)29(8)9)38(36)42-39(45)30-13-12-14-31(22-30)48-32-15-16-34(40)35(41)23-32/h12-16,22-29H,10-11,17-21H2,1-9H3. The normalized spacial score (nSPS) is 12.1. The van der Waals surface area contributed by atoms with Crippen molar-refractivity contribution < 1.29 is 14.2 Å². The van der Waals surface area contributed by atoms with E-state index in [0.717, 1.165) is 66.4 Å². The van der Waals surface area contributed by atoms with Crippen molar-refractivity contribution in [1.82, 2.24) is 19.4 Å². The molecule has 7 nitrogen and oxygen atoms in total. The summed E-state index contributed by atoms with van der Waals surface area (Å²) in [5.74, 6) is 3.68. The van der Waals surface area contributed by atoms with Crippen molar-refractivity contribution in [2.75, 3.05) is 26.3 Å². The summed E-state index contributed by atoms with van der Waals surface area (Å²) in [6.07, 6.45) is 2.06. The predicted octanol–water partition coefficient (Wildman–Crippen LogP) is 10.6. The van der Waals surface area contributed by atoms with E-state index in [1.54, 1.807) is 12.1 Å². The lowest BCUT2D eigenvalue weighted by molar-refractivity contribution is 0.139. The minimum atomic E-state index is 0.423. The Bertz CT molecular complexity index is 1600. The molecule has 0 saturated carbocycles. The maximum atomic E-state index is 6.57. The fourth-order valence-corrected chi connectivity index (χ4v) is 6.54. The van der Waals surface area contributed by atoms with Crippen LogP contribution in [-0.4, -0.2) is 69.8 Å². The summed E-state index contributed by atoms with van der Waals surface area (Å²) in [4.78, 5) is 10.1. The van der Waals surface area contributed by atoms with Crippen LogP contribution in [0.1, 0.15) is 75.2 Å². The van der Waals surface area contributed by atoms with Crippen LogP contribution in [0, 0.1) is 0 Å². The van der Waals surface area contributed by atoms with Crippen LogP contribution in [0.4, 0.5) is 0 Å². The molecule has 0 amide bonds. The molecule has 1 heterocycles. The molecule has 1 aromatic heterocycles. The van der Waals surface area contributed by atoms with Crippen molar-refractivity contribution in [1.29, 1.82) is 0 Å². The van der Waals surface area contributed by atoms with E-state index in [4.69, 9.17) is 42.4 Å². The lowest BCUT2D eigenvalue weighted by Gasteiger charge is -2.30. The molecule has 0 saturated heterocycles. The van der Waals surface area contributed by atoms with Crippen molar-refractivity contribution in [2.24, 2.45) is 0 Å². The summed E-state index contributed by atoms with van der Waals surface area (Å²) in [6, 6.07) is 19.1. The van der Waals surface area contributed by atoms with Gasteiger partial charge in [0.15, 0.2) is 5.75 Å². The van der Waals surface area contributed by atoms with Gasteiger partial charge in [-0.1, -0.05) is 48.7 Å². The summed E-state index contributed by atoms with van der Waals surface area (Å²) in [5.41, 5.74) is 2.77.